The molecule has 0 radical (unpaired) electrons. The van der Waals surface area contributed by atoms with E-state index < -0.39 is 0 Å². The zero-order chi connectivity index (χ0) is 22.8. The topological polar surface area (TPSA) is 49.0 Å². The minimum atomic E-state index is 0.127. The summed E-state index contributed by atoms with van der Waals surface area (Å²) in [6.45, 7) is 2.11. The molecule has 5 aromatic rings. The molecule has 1 amide bonds. The summed E-state index contributed by atoms with van der Waals surface area (Å²) in [5.74, 6) is 0.127. The van der Waals surface area contributed by atoms with Gasteiger partial charge in [-0.15, -0.1) is 0 Å². The third-order valence-electron chi connectivity index (χ3n) is 6.25. The highest BCUT2D eigenvalue weighted by Crippen LogP contribution is 2.32. The number of carbonyl (C=O) groups excluding carboxylic acids is 1. The number of nitrogens with zero attached hydrogens (tertiary/aromatic N) is 2. The van der Waals surface area contributed by atoms with Gasteiger partial charge in [0.05, 0.1) is 16.9 Å². The van der Waals surface area contributed by atoms with Gasteiger partial charge in [0, 0.05) is 35.4 Å². The molecule has 0 aliphatic rings. The first-order chi connectivity index (χ1) is 16.1. The van der Waals surface area contributed by atoms with Crippen LogP contribution in [0.15, 0.2) is 84.9 Å². The van der Waals surface area contributed by atoms with E-state index in [9.17, 15) is 4.79 Å². The van der Waals surface area contributed by atoms with Crippen molar-refractivity contribution in [2.24, 2.45) is 0 Å². The molecule has 0 aliphatic heterocycles. The fraction of sp³-hybridized carbons (Fsp3) is 0.172. The van der Waals surface area contributed by atoms with E-state index in [1.807, 2.05) is 55.6 Å². The molecule has 0 unspecified atom stereocenters. The molecule has 4 nitrogen and oxygen atoms in total. The lowest BCUT2D eigenvalue weighted by atomic mass is 10.0. The Morgan fingerprint density at radius 2 is 1.73 bits per heavy atom. The first-order valence-corrected chi connectivity index (χ1v) is 11.4. The Bertz CT molecular complexity index is 1440. The summed E-state index contributed by atoms with van der Waals surface area (Å²) in [6, 6.07) is 28.7. The summed E-state index contributed by atoms with van der Waals surface area (Å²) in [5.41, 5.74) is 7.44. The van der Waals surface area contributed by atoms with E-state index in [2.05, 4.69) is 48.3 Å². The van der Waals surface area contributed by atoms with Gasteiger partial charge < -0.3 is 9.88 Å². The van der Waals surface area contributed by atoms with Gasteiger partial charge in [-0.3, -0.25) is 4.79 Å². The molecule has 0 saturated heterocycles. The van der Waals surface area contributed by atoms with E-state index in [4.69, 9.17) is 4.98 Å². The molecule has 2 aromatic heterocycles. The molecule has 0 atom stereocenters. The molecule has 164 valence electrons. The van der Waals surface area contributed by atoms with E-state index in [0.29, 0.717) is 6.42 Å². The number of rotatable bonds is 6. The van der Waals surface area contributed by atoms with E-state index in [-0.39, 0.29) is 5.91 Å². The first-order valence-electron chi connectivity index (χ1n) is 11.4. The van der Waals surface area contributed by atoms with E-state index in [0.717, 1.165) is 46.3 Å². The van der Waals surface area contributed by atoms with Crippen LogP contribution in [-0.2, 0) is 11.2 Å². The van der Waals surface area contributed by atoms with Crippen molar-refractivity contribution in [3.05, 3.63) is 96.1 Å². The number of amides is 1. The summed E-state index contributed by atoms with van der Waals surface area (Å²) in [4.78, 5) is 23.1. The molecule has 5 rings (SSSR count). The molecule has 33 heavy (non-hydrogen) atoms. The zero-order valence-corrected chi connectivity index (χ0v) is 19.0. The van der Waals surface area contributed by atoms with E-state index >= 15 is 0 Å². The largest absolute Gasteiger partial charge is 0.353 e. The van der Waals surface area contributed by atoms with Crippen LogP contribution in [0, 0.1) is 6.92 Å². The monoisotopic (exact) mass is 433 g/mol. The predicted molar refractivity (Wildman–Crippen MR) is 137 cm³/mol. The number of anilines is 1. The lowest BCUT2D eigenvalue weighted by Gasteiger charge is -2.17. The third kappa shape index (κ3) is 4.24. The number of aromatic nitrogens is 2. The van der Waals surface area contributed by atoms with Gasteiger partial charge in [0.25, 0.3) is 0 Å². The zero-order valence-electron chi connectivity index (χ0n) is 19.0. The van der Waals surface area contributed by atoms with Gasteiger partial charge in [-0.1, -0.05) is 54.1 Å². The van der Waals surface area contributed by atoms with Crippen molar-refractivity contribution in [1.29, 1.82) is 0 Å². The molecule has 0 saturated carbocycles. The molecule has 4 heteroatoms. The highest BCUT2D eigenvalue weighted by atomic mass is 16.2. The van der Waals surface area contributed by atoms with Gasteiger partial charge >= 0.3 is 0 Å². The number of aromatic amines is 1. The molecule has 0 bridgehead atoms. The van der Waals surface area contributed by atoms with E-state index in [1.165, 1.54) is 16.5 Å². The number of para-hydroxylation sites is 2. The Labute approximate surface area is 193 Å². The summed E-state index contributed by atoms with van der Waals surface area (Å²) in [7, 11) is 1.84. The van der Waals surface area contributed by atoms with Crippen molar-refractivity contribution in [2.45, 2.75) is 26.2 Å². The maximum Gasteiger partial charge on any atom is 0.226 e. The second kappa shape index (κ2) is 8.91. The molecule has 2 heterocycles. The number of hydrogen-bond acceptors (Lipinski definition) is 2. The summed E-state index contributed by atoms with van der Waals surface area (Å²) in [6.07, 6.45) is 2.08. The lowest BCUT2D eigenvalue weighted by molar-refractivity contribution is -0.118. The first kappa shape index (κ1) is 21.0. The number of hydrogen-bond donors (Lipinski definition) is 1. The van der Waals surface area contributed by atoms with Gasteiger partial charge in [-0.2, -0.15) is 0 Å². The number of H-pyrrole nitrogens is 1. The maximum atomic E-state index is 12.8. The van der Waals surface area contributed by atoms with Crippen LogP contribution in [0.2, 0.25) is 0 Å². The number of benzene rings is 3. The van der Waals surface area contributed by atoms with Crippen LogP contribution in [0.5, 0.6) is 0 Å². The Morgan fingerprint density at radius 1 is 0.939 bits per heavy atom. The lowest BCUT2D eigenvalue weighted by Crippen LogP contribution is -2.25. The summed E-state index contributed by atoms with van der Waals surface area (Å²) in [5, 5.41) is 2.34. The van der Waals surface area contributed by atoms with E-state index in [1.54, 1.807) is 4.90 Å². The van der Waals surface area contributed by atoms with Crippen LogP contribution in [0.3, 0.4) is 0 Å². The number of pyridine rings is 1. The van der Waals surface area contributed by atoms with Crippen LogP contribution in [-0.4, -0.2) is 22.9 Å². The highest BCUT2D eigenvalue weighted by Gasteiger charge is 2.16. The van der Waals surface area contributed by atoms with Crippen molar-refractivity contribution in [3.8, 4) is 11.4 Å². The fourth-order valence-electron chi connectivity index (χ4n) is 4.42. The Hall–Kier alpha value is -3.92. The second-order valence-corrected chi connectivity index (χ2v) is 8.56. The van der Waals surface area contributed by atoms with Crippen LogP contribution in [0.25, 0.3) is 33.2 Å². The van der Waals surface area contributed by atoms with Crippen LogP contribution in [0.4, 0.5) is 5.69 Å². The van der Waals surface area contributed by atoms with Crippen molar-refractivity contribution >= 4 is 33.4 Å². The van der Waals surface area contributed by atoms with Gasteiger partial charge in [-0.25, -0.2) is 4.98 Å². The number of aryl methyl sites for hydroxylation is 2. The standard InChI is InChI=1S/C29H27N3O/c1-20-15-17-26-24(19-20)23(12-8-14-28(33)32(2)22-10-4-3-5-11-22)29(31-26)27-18-16-21-9-6-7-13-25(21)30-27/h3-7,9-11,13,15-19,31H,8,12,14H2,1-2H3. The normalized spacial score (nSPS) is 11.2. The molecular formula is C29H27N3O. The number of fused-ring (bicyclic) bond motifs is 2. The highest BCUT2D eigenvalue weighted by molar-refractivity contribution is 5.94. The summed E-state index contributed by atoms with van der Waals surface area (Å²) < 4.78 is 0. The van der Waals surface area contributed by atoms with Crippen molar-refractivity contribution in [2.75, 3.05) is 11.9 Å². The second-order valence-electron chi connectivity index (χ2n) is 8.56. The number of carbonyl (C=O) groups is 1. The predicted octanol–water partition coefficient (Wildman–Crippen LogP) is 6.68. The van der Waals surface area contributed by atoms with Gasteiger partial charge in [-0.05, 0) is 61.7 Å². The quantitative estimate of drug-likeness (QED) is 0.325. The Kier molecular flexibility index (Phi) is 5.66. The summed E-state index contributed by atoms with van der Waals surface area (Å²) >= 11 is 0. The minimum Gasteiger partial charge on any atom is -0.353 e. The SMILES string of the molecule is Cc1ccc2[nH]c(-c3ccc4ccccc4n3)c(CCCC(=O)N(C)c3ccccc3)c2c1. The third-order valence-corrected chi connectivity index (χ3v) is 6.25. The van der Waals surface area contributed by atoms with Crippen molar-refractivity contribution in [3.63, 3.8) is 0 Å². The van der Waals surface area contributed by atoms with Crippen LogP contribution in [0.1, 0.15) is 24.0 Å². The van der Waals surface area contributed by atoms with Gasteiger partial charge in [0.1, 0.15) is 0 Å². The minimum absolute atomic E-state index is 0.127. The van der Waals surface area contributed by atoms with Crippen molar-refractivity contribution < 1.29 is 4.79 Å². The number of nitrogens with one attached hydrogen (secondary N) is 1. The molecule has 0 aliphatic carbocycles. The van der Waals surface area contributed by atoms with Crippen molar-refractivity contribution in [1.82, 2.24) is 9.97 Å². The smallest absolute Gasteiger partial charge is 0.226 e. The van der Waals surface area contributed by atoms with Crippen LogP contribution >= 0.6 is 0 Å². The van der Waals surface area contributed by atoms with Gasteiger partial charge in [0.2, 0.25) is 5.91 Å². The van der Waals surface area contributed by atoms with Crippen LogP contribution < -0.4 is 4.90 Å². The average molecular weight is 434 g/mol. The molecular weight excluding hydrogens is 406 g/mol. The molecule has 0 spiro atoms. The maximum absolute atomic E-state index is 12.8. The molecule has 3 aromatic carbocycles. The van der Waals surface area contributed by atoms with Gasteiger partial charge in [0.15, 0.2) is 0 Å². The molecule has 0 fully saturated rings. The molecule has 1 N–H and O–H groups in total. The Balaban J connectivity index is 1.44. The fourth-order valence-corrected chi connectivity index (χ4v) is 4.42. The Morgan fingerprint density at radius 3 is 2.58 bits per heavy atom. The average Bonchev–Trinajstić information content (AvgIpc) is 3.21.